The lowest BCUT2D eigenvalue weighted by Crippen LogP contribution is -2.41. The van der Waals surface area contributed by atoms with Crippen LogP contribution in [0.15, 0.2) is 0 Å². The maximum atomic E-state index is 12.4. The molecule has 3 atom stereocenters. The molecule has 0 fully saturated rings. The average molecular weight is 397 g/mol. The highest BCUT2D eigenvalue weighted by atomic mass is 16.4. The highest BCUT2D eigenvalue weighted by Gasteiger charge is 2.44. The molecule has 0 saturated carbocycles. The Labute approximate surface area is 177 Å². The molecule has 0 aliphatic carbocycles. The zero-order valence-electron chi connectivity index (χ0n) is 20.0. The molecule has 0 aliphatic rings. The molecule has 0 spiro atoms. The van der Waals surface area contributed by atoms with Gasteiger partial charge in [0, 0.05) is 0 Å². The lowest BCUT2D eigenvalue weighted by molar-refractivity contribution is -0.156. The quantitative estimate of drug-likeness (QED) is 0.208. The van der Waals surface area contributed by atoms with Gasteiger partial charge in [-0.1, -0.05) is 118 Å². The molecule has 0 aliphatic heterocycles. The van der Waals surface area contributed by atoms with Crippen LogP contribution in [0.2, 0.25) is 0 Å². The Hall–Kier alpha value is -0.530. The molecule has 168 valence electrons. The van der Waals surface area contributed by atoms with Crippen molar-refractivity contribution in [2.75, 3.05) is 0 Å². The molecule has 0 aromatic carbocycles. The Morgan fingerprint density at radius 3 is 1.50 bits per heavy atom. The van der Waals surface area contributed by atoms with Gasteiger partial charge in [-0.3, -0.25) is 4.79 Å². The van der Waals surface area contributed by atoms with E-state index < -0.39 is 11.4 Å². The molecule has 28 heavy (non-hydrogen) atoms. The van der Waals surface area contributed by atoms with Gasteiger partial charge in [-0.25, -0.2) is 0 Å². The van der Waals surface area contributed by atoms with Crippen LogP contribution in [0, 0.1) is 17.3 Å². The fourth-order valence-electron chi connectivity index (χ4n) is 4.70. The zero-order valence-corrected chi connectivity index (χ0v) is 20.0. The Morgan fingerprint density at radius 1 is 0.679 bits per heavy atom. The molecule has 0 bridgehead atoms. The minimum Gasteiger partial charge on any atom is -0.481 e. The van der Waals surface area contributed by atoms with Crippen molar-refractivity contribution >= 4 is 5.97 Å². The summed E-state index contributed by atoms with van der Waals surface area (Å²) < 4.78 is 0. The number of carboxylic acid groups (broad SMARTS) is 1. The third-order valence-electron chi connectivity index (χ3n) is 7.14. The van der Waals surface area contributed by atoms with Gasteiger partial charge in [-0.2, -0.15) is 0 Å². The fourth-order valence-corrected chi connectivity index (χ4v) is 4.70. The molecule has 1 N–H and O–H groups in total. The van der Waals surface area contributed by atoms with Gasteiger partial charge in [-0.15, -0.1) is 0 Å². The molecule has 0 amide bonds. The summed E-state index contributed by atoms with van der Waals surface area (Å²) in [7, 11) is 0. The summed E-state index contributed by atoms with van der Waals surface area (Å²) in [5, 5.41) is 10.2. The van der Waals surface area contributed by atoms with Crippen molar-refractivity contribution in [2.45, 2.75) is 144 Å². The third kappa shape index (κ3) is 10.9. The summed E-state index contributed by atoms with van der Waals surface area (Å²) in [6.45, 7) is 11.0. The van der Waals surface area contributed by atoms with Crippen LogP contribution in [-0.4, -0.2) is 11.1 Å². The summed E-state index contributed by atoms with van der Waals surface area (Å²) in [6, 6.07) is 0. The Morgan fingerprint density at radius 2 is 1.04 bits per heavy atom. The van der Waals surface area contributed by atoms with Crippen molar-refractivity contribution in [3.8, 4) is 0 Å². The van der Waals surface area contributed by atoms with E-state index in [1.54, 1.807) is 0 Å². The van der Waals surface area contributed by atoms with Gasteiger partial charge in [0.05, 0.1) is 5.41 Å². The number of hydrogen-bond acceptors (Lipinski definition) is 1. The smallest absolute Gasteiger partial charge is 0.309 e. The molecule has 0 saturated heterocycles. The standard InChI is InChI=1S/C26H52O2/c1-6-9-12-14-15-16-19-22-24(21-18-13-10-7-2)26(5,25(27)28)23(4)20-17-11-8-3/h23-24H,6-22H2,1-5H3,(H,27,28). The van der Waals surface area contributed by atoms with Crippen LogP contribution in [0.4, 0.5) is 0 Å². The van der Waals surface area contributed by atoms with Crippen molar-refractivity contribution in [1.82, 2.24) is 0 Å². The molecule has 0 rings (SSSR count). The van der Waals surface area contributed by atoms with Crippen LogP contribution < -0.4 is 0 Å². The molecule has 0 heterocycles. The predicted molar refractivity (Wildman–Crippen MR) is 124 cm³/mol. The molecule has 0 radical (unpaired) electrons. The third-order valence-corrected chi connectivity index (χ3v) is 7.14. The van der Waals surface area contributed by atoms with Gasteiger partial charge in [0.2, 0.25) is 0 Å². The van der Waals surface area contributed by atoms with E-state index in [1.807, 2.05) is 0 Å². The van der Waals surface area contributed by atoms with Crippen molar-refractivity contribution in [3.63, 3.8) is 0 Å². The lowest BCUT2D eigenvalue weighted by atomic mass is 9.64. The second-order valence-electron chi connectivity index (χ2n) is 9.44. The summed E-state index contributed by atoms with van der Waals surface area (Å²) in [5.74, 6) is 0.0336. The highest BCUT2D eigenvalue weighted by Crippen LogP contribution is 2.44. The number of carboxylic acids is 1. The summed E-state index contributed by atoms with van der Waals surface area (Å²) >= 11 is 0. The van der Waals surface area contributed by atoms with Crippen molar-refractivity contribution in [3.05, 3.63) is 0 Å². The van der Waals surface area contributed by atoms with Crippen LogP contribution in [0.3, 0.4) is 0 Å². The summed E-state index contributed by atoms with van der Waals surface area (Å²) in [5.41, 5.74) is -0.567. The Kier molecular flexibility index (Phi) is 17.0. The lowest BCUT2D eigenvalue weighted by Gasteiger charge is -2.39. The van der Waals surface area contributed by atoms with E-state index in [4.69, 9.17) is 0 Å². The average Bonchev–Trinajstić information content (AvgIpc) is 2.68. The molecular weight excluding hydrogens is 344 g/mol. The number of unbranched alkanes of at least 4 members (excludes halogenated alkanes) is 11. The van der Waals surface area contributed by atoms with Crippen LogP contribution in [0.5, 0.6) is 0 Å². The fraction of sp³-hybridized carbons (Fsp3) is 0.962. The second-order valence-corrected chi connectivity index (χ2v) is 9.44. The largest absolute Gasteiger partial charge is 0.481 e. The molecule has 3 unspecified atom stereocenters. The van der Waals surface area contributed by atoms with E-state index >= 15 is 0 Å². The normalized spacial score (nSPS) is 15.9. The first kappa shape index (κ1) is 27.5. The second kappa shape index (κ2) is 17.3. The number of rotatable bonds is 20. The van der Waals surface area contributed by atoms with Gasteiger partial charge >= 0.3 is 5.97 Å². The van der Waals surface area contributed by atoms with E-state index in [-0.39, 0.29) is 5.92 Å². The van der Waals surface area contributed by atoms with E-state index in [1.165, 1.54) is 89.9 Å². The van der Waals surface area contributed by atoms with Gasteiger partial charge in [0.1, 0.15) is 0 Å². The topological polar surface area (TPSA) is 37.3 Å². The molecular formula is C26H52O2. The highest BCUT2D eigenvalue weighted by molar-refractivity contribution is 5.75. The SMILES string of the molecule is CCCCCCCCCC(CCCCCC)C(C)(C(=O)O)C(C)CCCCC. The van der Waals surface area contributed by atoms with E-state index in [2.05, 4.69) is 34.6 Å². The molecule has 0 aromatic rings. The first-order valence-corrected chi connectivity index (χ1v) is 12.7. The number of hydrogen-bond donors (Lipinski definition) is 1. The molecule has 2 heteroatoms. The molecule has 0 aromatic heterocycles. The van der Waals surface area contributed by atoms with E-state index in [0.29, 0.717) is 5.92 Å². The van der Waals surface area contributed by atoms with Crippen molar-refractivity contribution in [2.24, 2.45) is 17.3 Å². The van der Waals surface area contributed by atoms with E-state index in [9.17, 15) is 9.90 Å². The number of aliphatic carboxylic acids is 1. The maximum absolute atomic E-state index is 12.4. The Bertz CT molecular complexity index is 365. The van der Waals surface area contributed by atoms with Gasteiger partial charge < -0.3 is 5.11 Å². The van der Waals surface area contributed by atoms with Crippen LogP contribution in [0.1, 0.15) is 144 Å². The maximum Gasteiger partial charge on any atom is 0.309 e. The zero-order chi connectivity index (χ0) is 21.3. The summed E-state index contributed by atoms with van der Waals surface area (Å²) in [4.78, 5) is 12.4. The van der Waals surface area contributed by atoms with Gasteiger partial charge in [0.15, 0.2) is 0 Å². The first-order valence-electron chi connectivity index (χ1n) is 12.7. The van der Waals surface area contributed by atoms with Gasteiger partial charge in [0.25, 0.3) is 0 Å². The predicted octanol–water partition coefficient (Wildman–Crippen LogP) is 9.02. The van der Waals surface area contributed by atoms with Crippen LogP contribution in [0.25, 0.3) is 0 Å². The number of carbonyl (C=O) groups is 1. The summed E-state index contributed by atoms with van der Waals surface area (Å²) in [6.07, 6.45) is 21.0. The van der Waals surface area contributed by atoms with Crippen molar-refractivity contribution in [1.29, 1.82) is 0 Å². The van der Waals surface area contributed by atoms with Crippen molar-refractivity contribution < 1.29 is 9.90 Å². The van der Waals surface area contributed by atoms with E-state index in [0.717, 1.165) is 19.3 Å². The van der Waals surface area contributed by atoms with Crippen LogP contribution in [-0.2, 0) is 4.79 Å². The minimum absolute atomic E-state index is 0.261. The van der Waals surface area contributed by atoms with Crippen LogP contribution >= 0.6 is 0 Å². The Balaban J connectivity index is 4.84. The minimum atomic E-state index is -0.567. The first-order chi connectivity index (χ1) is 13.4. The van der Waals surface area contributed by atoms with Gasteiger partial charge in [-0.05, 0) is 38.0 Å². The molecule has 2 nitrogen and oxygen atoms in total. The monoisotopic (exact) mass is 396 g/mol.